The molecule has 1 fully saturated rings. The van der Waals surface area contributed by atoms with E-state index in [0.717, 1.165) is 18.8 Å². The number of benzene rings is 1. The summed E-state index contributed by atoms with van der Waals surface area (Å²) in [6.45, 7) is 3.83. The van der Waals surface area contributed by atoms with Crippen molar-refractivity contribution >= 4 is 5.97 Å². The average Bonchev–Trinajstić information content (AvgIpc) is 2.90. The molecule has 2 heteroatoms. The van der Waals surface area contributed by atoms with E-state index in [2.05, 4.69) is 31.1 Å². The summed E-state index contributed by atoms with van der Waals surface area (Å²) < 4.78 is 5.26. The zero-order chi connectivity index (χ0) is 16.9. The highest BCUT2D eigenvalue weighted by atomic mass is 16.5. The molecule has 0 heterocycles. The minimum absolute atomic E-state index is 0.213. The molecule has 0 aliphatic heterocycles. The van der Waals surface area contributed by atoms with E-state index in [0.29, 0.717) is 17.6 Å². The second-order valence-corrected chi connectivity index (χ2v) is 7.82. The molecule has 0 N–H and O–H groups in total. The minimum Gasteiger partial charge on any atom is -0.427 e. The van der Waals surface area contributed by atoms with Crippen molar-refractivity contribution in [1.29, 1.82) is 0 Å². The van der Waals surface area contributed by atoms with Gasteiger partial charge in [-0.25, -0.2) is 0 Å². The maximum atomic E-state index is 11.2. The first-order valence-electron chi connectivity index (χ1n) is 9.01. The summed E-state index contributed by atoms with van der Waals surface area (Å²) in [6, 6.07) is 6.22. The van der Waals surface area contributed by atoms with Crippen molar-refractivity contribution in [1.82, 2.24) is 0 Å². The Kier molecular flexibility index (Phi) is 3.57. The summed E-state index contributed by atoms with van der Waals surface area (Å²) in [6.07, 6.45) is 13.9. The molecule has 0 bridgehead atoms. The van der Waals surface area contributed by atoms with E-state index in [4.69, 9.17) is 11.2 Å². The normalized spacial score (nSPS) is 33.5. The number of carbonyl (C=O) groups excluding carboxylic acids is 1. The first kappa shape index (κ1) is 15.5. The maximum Gasteiger partial charge on any atom is 0.308 e. The van der Waals surface area contributed by atoms with Crippen LogP contribution in [0.25, 0.3) is 0 Å². The molecule has 3 aliphatic rings. The van der Waals surface area contributed by atoms with Gasteiger partial charge >= 0.3 is 5.97 Å². The summed E-state index contributed by atoms with van der Waals surface area (Å²) in [5.74, 6) is 5.41. The number of aryl methyl sites for hydroxylation is 1. The number of fused-ring (bicyclic) bond motifs is 5. The maximum absolute atomic E-state index is 11.2. The van der Waals surface area contributed by atoms with E-state index in [1.807, 2.05) is 6.07 Å². The van der Waals surface area contributed by atoms with Crippen molar-refractivity contribution in [3.8, 4) is 18.1 Å². The van der Waals surface area contributed by atoms with E-state index in [1.54, 1.807) is 0 Å². The van der Waals surface area contributed by atoms with Crippen LogP contribution in [0.1, 0.15) is 56.6 Å². The minimum atomic E-state index is -0.254. The van der Waals surface area contributed by atoms with Gasteiger partial charge < -0.3 is 4.74 Å². The van der Waals surface area contributed by atoms with Crippen LogP contribution in [0, 0.1) is 29.6 Å². The van der Waals surface area contributed by atoms with Crippen molar-refractivity contribution in [3.63, 3.8) is 0 Å². The lowest BCUT2D eigenvalue weighted by atomic mass is 9.54. The molecular weight excluding hydrogens is 296 g/mol. The average molecular weight is 320 g/mol. The van der Waals surface area contributed by atoms with Crippen molar-refractivity contribution in [2.45, 2.75) is 51.9 Å². The topological polar surface area (TPSA) is 26.3 Å². The third-order valence-corrected chi connectivity index (χ3v) is 6.70. The van der Waals surface area contributed by atoms with E-state index in [9.17, 15) is 4.79 Å². The molecule has 3 aliphatic carbocycles. The van der Waals surface area contributed by atoms with Gasteiger partial charge in [-0.15, -0.1) is 6.42 Å². The third kappa shape index (κ3) is 2.22. The van der Waals surface area contributed by atoms with Crippen LogP contribution >= 0.6 is 0 Å². The number of hydrogen-bond donors (Lipinski definition) is 0. The Labute approximate surface area is 144 Å². The lowest BCUT2D eigenvalue weighted by Crippen LogP contribution is -2.41. The van der Waals surface area contributed by atoms with Crippen molar-refractivity contribution in [2.24, 2.45) is 17.3 Å². The van der Waals surface area contributed by atoms with E-state index >= 15 is 0 Å². The second-order valence-electron chi connectivity index (χ2n) is 7.82. The first-order chi connectivity index (χ1) is 11.5. The molecule has 2 nitrogen and oxygen atoms in total. The molecule has 1 aromatic carbocycles. The monoisotopic (exact) mass is 320 g/mol. The van der Waals surface area contributed by atoms with Crippen LogP contribution in [-0.4, -0.2) is 5.97 Å². The molecule has 4 rings (SSSR count). The number of ether oxygens (including phenoxy) is 1. The smallest absolute Gasteiger partial charge is 0.308 e. The lowest BCUT2D eigenvalue weighted by molar-refractivity contribution is -0.131. The molecule has 0 saturated heterocycles. The van der Waals surface area contributed by atoms with Crippen LogP contribution in [0.4, 0.5) is 0 Å². The Morgan fingerprint density at radius 2 is 2.21 bits per heavy atom. The van der Waals surface area contributed by atoms with Gasteiger partial charge in [0.25, 0.3) is 0 Å². The largest absolute Gasteiger partial charge is 0.427 e. The highest BCUT2D eigenvalue weighted by molar-refractivity contribution is 5.69. The van der Waals surface area contributed by atoms with Gasteiger partial charge in [0, 0.05) is 17.9 Å². The number of allylic oxidation sites excluding steroid dienone is 2. The predicted molar refractivity (Wildman–Crippen MR) is 94.7 cm³/mol. The zero-order valence-corrected chi connectivity index (χ0v) is 14.5. The number of rotatable bonds is 1. The molecule has 124 valence electrons. The first-order valence-corrected chi connectivity index (χ1v) is 9.01. The Balaban J connectivity index is 1.64. The van der Waals surface area contributed by atoms with Gasteiger partial charge in [-0.1, -0.05) is 25.0 Å². The Morgan fingerprint density at radius 1 is 1.38 bits per heavy atom. The van der Waals surface area contributed by atoms with E-state index in [1.165, 1.54) is 42.9 Å². The summed E-state index contributed by atoms with van der Waals surface area (Å²) in [5, 5.41) is 0. The molecule has 0 aromatic heterocycles. The summed E-state index contributed by atoms with van der Waals surface area (Å²) >= 11 is 0. The van der Waals surface area contributed by atoms with Gasteiger partial charge in [-0.2, -0.15) is 0 Å². The molecule has 4 atom stereocenters. The van der Waals surface area contributed by atoms with E-state index in [-0.39, 0.29) is 11.4 Å². The second kappa shape index (κ2) is 5.52. The fraction of sp³-hybridized carbons (Fsp3) is 0.500. The number of esters is 1. The standard InChI is InChI=1S/C22H24O2/c1-4-16-6-10-21-20-8-5-15-13-17(24-14(2)23)7-9-18(15)19(20)11-12-22(16,21)3/h1,6-7,9,13,19-21H,5,8,10-12H2,2-3H3/t19?,20?,21?,22-/m1/s1. The fourth-order valence-electron chi connectivity index (χ4n) is 5.58. The molecule has 1 saturated carbocycles. The highest BCUT2D eigenvalue weighted by Crippen LogP contribution is 2.60. The molecule has 0 spiro atoms. The molecular formula is C22H24O2. The lowest BCUT2D eigenvalue weighted by Gasteiger charge is -2.49. The summed E-state index contributed by atoms with van der Waals surface area (Å²) in [4.78, 5) is 11.2. The number of carbonyl (C=O) groups is 1. The molecule has 24 heavy (non-hydrogen) atoms. The van der Waals surface area contributed by atoms with Gasteiger partial charge in [0.15, 0.2) is 0 Å². The molecule has 0 amide bonds. The van der Waals surface area contributed by atoms with Crippen LogP contribution in [-0.2, 0) is 11.2 Å². The SMILES string of the molecule is C#CC1=CCC2C3CCc4cc(OC(C)=O)ccc4C3CC[C@]12C. The number of terminal acetylenes is 1. The Bertz CT molecular complexity index is 767. The van der Waals surface area contributed by atoms with E-state index < -0.39 is 0 Å². The van der Waals surface area contributed by atoms with Gasteiger partial charge in [0.1, 0.15) is 5.75 Å². The van der Waals surface area contributed by atoms with Crippen LogP contribution in [0.15, 0.2) is 29.8 Å². The van der Waals surface area contributed by atoms with Crippen molar-refractivity contribution in [2.75, 3.05) is 0 Å². The Hall–Kier alpha value is -2.01. The number of hydrogen-bond acceptors (Lipinski definition) is 2. The molecule has 3 unspecified atom stereocenters. The van der Waals surface area contributed by atoms with Crippen LogP contribution < -0.4 is 4.74 Å². The van der Waals surface area contributed by atoms with Crippen LogP contribution in [0.2, 0.25) is 0 Å². The van der Waals surface area contributed by atoms with Crippen LogP contribution in [0.3, 0.4) is 0 Å². The zero-order valence-electron chi connectivity index (χ0n) is 14.5. The Morgan fingerprint density at radius 3 is 2.96 bits per heavy atom. The van der Waals surface area contributed by atoms with Gasteiger partial charge in [-0.3, -0.25) is 4.79 Å². The molecule has 0 radical (unpaired) electrons. The quantitative estimate of drug-likeness (QED) is 0.428. The molecule has 1 aromatic rings. The van der Waals surface area contributed by atoms with Gasteiger partial charge in [0.05, 0.1) is 0 Å². The summed E-state index contributed by atoms with van der Waals surface area (Å²) in [5.41, 5.74) is 4.28. The van der Waals surface area contributed by atoms with Crippen molar-refractivity contribution < 1.29 is 9.53 Å². The van der Waals surface area contributed by atoms with Crippen molar-refractivity contribution in [3.05, 3.63) is 41.0 Å². The van der Waals surface area contributed by atoms with Gasteiger partial charge in [-0.05, 0) is 73.1 Å². The van der Waals surface area contributed by atoms with Crippen LogP contribution in [0.5, 0.6) is 5.75 Å². The van der Waals surface area contributed by atoms with Gasteiger partial charge in [0.2, 0.25) is 0 Å². The predicted octanol–water partition coefficient (Wildman–Crippen LogP) is 4.64. The highest BCUT2D eigenvalue weighted by Gasteiger charge is 2.51. The third-order valence-electron chi connectivity index (χ3n) is 6.70. The fourth-order valence-corrected chi connectivity index (χ4v) is 5.58. The summed E-state index contributed by atoms with van der Waals surface area (Å²) in [7, 11) is 0.